The predicted octanol–water partition coefficient (Wildman–Crippen LogP) is 2.43. The number of carbonyl (C=O) groups is 2. The number of amides is 1. The summed E-state index contributed by atoms with van der Waals surface area (Å²) in [5.41, 5.74) is -1.02. The Morgan fingerprint density at radius 1 is 1.00 bits per heavy atom. The summed E-state index contributed by atoms with van der Waals surface area (Å²) in [5, 5.41) is 67.8. The minimum absolute atomic E-state index is 0. The number of pyridine rings is 1. The van der Waals surface area contributed by atoms with Crippen molar-refractivity contribution in [3.05, 3.63) is 112 Å². The van der Waals surface area contributed by atoms with E-state index in [2.05, 4.69) is 10.3 Å². The van der Waals surface area contributed by atoms with E-state index in [0.29, 0.717) is 0 Å². The summed E-state index contributed by atoms with van der Waals surface area (Å²) in [6.45, 7) is 12.2. The van der Waals surface area contributed by atoms with Crippen LogP contribution in [0.15, 0.2) is 101 Å². The minimum atomic E-state index is -2.34. The van der Waals surface area contributed by atoms with Gasteiger partial charge in [-0.05, 0) is 44.4 Å². The Bertz CT molecular complexity index is 1810. The zero-order valence-corrected chi connectivity index (χ0v) is 33.9. The summed E-state index contributed by atoms with van der Waals surface area (Å²) in [6, 6.07) is 1.22. The quantitative estimate of drug-likeness (QED) is 0.0491. The van der Waals surface area contributed by atoms with Crippen molar-refractivity contribution in [2.45, 2.75) is 110 Å². The van der Waals surface area contributed by atoms with Crippen LogP contribution in [0.5, 0.6) is 5.75 Å². The molecule has 0 spiro atoms. The third-order valence-electron chi connectivity index (χ3n) is 10.7. The molecule has 2 aliphatic rings. The van der Waals surface area contributed by atoms with E-state index < -0.39 is 94.9 Å². The fraction of sp³-hybridized carbons (Fsp3) is 0.512. The number of ketones is 1. The van der Waals surface area contributed by atoms with Crippen LogP contribution in [0.1, 0.15) is 65.2 Å². The van der Waals surface area contributed by atoms with E-state index >= 15 is 0 Å². The number of allylic oxidation sites excluding steroid dienone is 10. The molecule has 0 radical (unpaired) electrons. The van der Waals surface area contributed by atoms with E-state index in [1.165, 1.54) is 32.4 Å². The fourth-order valence-corrected chi connectivity index (χ4v) is 7.12. The third-order valence-corrected chi connectivity index (χ3v) is 10.7. The molecule has 0 saturated carbocycles. The van der Waals surface area contributed by atoms with E-state index in [-0.39, 0.29) is 53.7 Å². The van der Waals surface area contributed by atoms with Gasteiger partial charge in [-0.25, -0.2) is 0 Å². The van der Waals surface area contributed by atoms with E-state index in [0.717, 1.165) is 5.57 Å². The van der Waals surface area contributed by atoms with Crippen molar-refractivity contribution in [1.29, 1.82) is 0 Å². The Kier molecular flexibility index (Phi) is 20.1. The number of hydrogen-bond acceptors (Lipinski definition) is 12. The van der Waals surface area contributed by atoms with Crippen LogP contribution in [0, 0.1) is 17.3 Å². The van der Waals surface area contributed by atoms with Crippen LogP contribution >= 0.6 is 0 Å². The number of ether oxygens (including phenoxy) is 3. The Labute approximate surface area is 362 Å². The van der Waals surface area contributed by atoms with E-state index in [4.69, 9.17) is 14.2 Å². The van der Waals surface area contributed by atoms with Gasteiger partial charge in [0.1, 0.15) is 35.7 Å². The molecular formula is C43H61N2NaO12. The first-order chi connectivity index (χ1) is 26.9. The molecule has 8 N–H and O–H groups in total. The summed E-state index contributed by atoms with van der Waals surface area (Å²) in [7, 11) is 1.52. The molecule has 14 nitrogen and oxygen atoms in total. The van der Waals surface area contributed by atoms with Gasteiger partial charge in [0.05, 0.1) is 30.3 Å². The SMILES string of the molecule is C/C=C\C=C\[C@@H]1O[C@](O)([C@H](CC)C(=O)NC/C=C/C=C(\C)[C@@H](OC)[C@@H](C)[C@@H]2O[C@H](/C=C/C=C/C=C(\C)C(=O)c3c(O)cc[nH]c3=O)[C@H](O)[C@@H]2O)[C@H](O)[C@H](O)C1(C)C.[NaH]. The van der Waals surface area contributed by atoms with Crippen LogP contribution in [0.2, 0.25) is 0 Å². The van der Waals surface area contributed by atoms with Gasteiger partial charge in [-0.15, -0.1) is 0 Å². The van der Waals surface area contributed by atoms with Crippen LogP contribution in [0.25, 0.3) is 0 Å². The van der Waals surface area contributed by atoms with Crippen LogP contribution in [-0.2, 0) is 19.0 Å². The second-order valence-electron chi connectivity index (χ2n) is 15.0. The molecule has 0 bridgehead atoms. The number of hydrogen-bond donors (Lipinski definition) is 8. The zero-order valence-electron chi connectivity index (χ0n) is 33.9. The van der Waals surface area contributed by atoms with E-state index in [1.54, 1.807) is 81.5 Å². The monoisotopic (exact) mass is 820 g/mol. The maximum absolute atomic E-state index is 13.3. The van der Waals surface area contributed by atoms with Crippen LogP contribution in [0.4, 0.5) is 0 Å². The van der Waals surface area contributed by atoms with Crippen molar-refractivity contribution >= 4 is 41.2 Å². The van der Waals surface area contributed by atoms with Crippen LogP contribution in [0.3, 0.4) is 0 Å². The molecule has 0 aromatic carbocycles. The average molecular weight is 821 g/mol. The molecule has 3 rings (SSSR count). The van der Waals surface area contributed by atoms with Crippen molar-refractivity contribution in [3.63, 3.8) is 0 Å². The maximum atomic E-state index is 13.3. The summed E-state index contributed by atoms with van der Waals surface area (Å²) in [5.74, 6) is -5.55. The Morgan fingerprint density at radius 2 is 1.67 bits per heavy atom. The molecule has 1 aromatic rings. The van der Waals surface area contributed by atoms with Gasteiger partial charge in [-0.2, -0.15) is 0 Å². The number of aliphatic hydroxyl groups excluding tert-OH is 4. The Hall–Kier alpha value is -3.25. The molecule has 3 heterocycles. The molecule has 1 amide bonds. The first kappa shape index (κ1) is 50.9. The van der Waals surface area contributed by atoms with Crippen molar-refractivity contribution in [3.8, 4) is 5.75 Å². The normalized spacial score (nSPS) is 29.7. The Balaban J connectivity index is 0.0000116. The zero-order chi connectivity index (χ0) is 42.7. The number of aliphatic hydroxyl groups is 5. The summed E-state index contributed by atoms with van der Waals surface area (Å²) in [4.78, 5) is 40.2. The summed E-state index contributed by atoms with van der Waals surface area (Å²) in [6.07, 6.45) is 12.8. The average Bonchev–Trinajstić information content (AvgIpc) is 3.45. The molecule has 2 aliphatic heterocycles. The summed E-state index contributed by atoms with van der Waals surface area (Å²) >= 11 is 0. The van der Waals surface area contributed by atoms with Crippen LogP contribution < -0.4 is 10.9 Å². The van der Waals surface area contributed by atoms with E-state index in [9.17, 15) is 45.0 Å². The molecule has 15 heteroatoms. The van der Waals surface area contributed by atoms with Crippen molar-refractivity contribution in [2.75, 3.05) is 13.7 Å². The molecule has 2 saturated heterocycles. The topological polar surface area (TPSA) is 228 Å². The number of aromatic nitrogens is 1. The Morgan fingerprint density at radius 3 is 2.29 bits per heavy atom. The van der Waals surface area contributed by atoms with Gasteiger partial charge in [0.25, 0.3) is 5.56 Å². The van der Waals surface area contributed by atoms with Crippen LogP contribution in [-0.4, -0.2) is 145 Å². The fourth-order valence-electron chi connectivity index (χ4n) is 7.12. The number of aromatic amines is 1. The number of Topliss-reactive ketones (excluding diaryl/α,β-unsaturated/α-hetero) is 1. The van der Waals surface area contributed by atoms with Gasteiger partial charge in [0.2, 0.25) is 11.7 Å². The predicted molar refractivity (Wildman–Crippen MR) is 222 cm³/mol. The number of methoxy groups -OCH3 is 1. The van der Waals surface area contributed by atoms with Gasteiger partial charge in [0.15, 0.2) is 5.78 Å². The standard InChI is InChI=1S/C43H60N2O12.Na.H/c1-9-11-13-21-31-42(6,7)38(50)39(51)43(54,57-31)28(10-2)40(52)44-23-17-16-19-26(4)36(55-8)27(5)37-35(49)34(48)30(56-37)20-15-12-14-18-25(3)33(47)32-29(46)22-24-45-41(32)53;;/h9,11-22,24,27-28,30-31,34-39,48-51,54H,10,23H2,1-8H3,(H,44,52)(H2,45,46,53);;/b11-9-,14-12+,17-16+,20-15+,21-13+,25-18+,26-19+;;/t27-,28-,30-,31+,34+,35+,36-,37+,38+,39-,43-;;/m1../s1. The molecule has 316 valence electrons. The van der Waals surface area contributed by atoms with Crippen molar-refractivity contribution in [2.24, 2.45) is 17.3 Å². The number of nitrogens with one attached hydrogen (secondary N) is 2. The van der Waals surface area contributed by atoms with Crippen molar-refractivity contribution < 1.29 is 54.4 Å². The second kappa shape index (κ2) is 22.9. The molecule has 1 aromatic heterocycles. The molecule has 0 unspecified atom stereocenters. The van der Waals surface area contributed by atoms with Gasteiger partial charge >= 0.3 is 29.6 Å². The van der Waals surface area contributed by atoms with Gasteiger partial charge in [-0.3, -0.25) is 14.4 Å². The molecule has 0 aliphatic carbocycles. The first-order valence-electron chi connectivity index (χ1n) is 19.1. The molecule has 11 atom stereocenters. The number of H-pyrrole nitrogens is 1. The first-order valence-corrected chi connectivity index (χ1v) is 19.1. The molecular weight excluding hydrogens is 759 g/mol. The molecule has 2 fully saturated rings. The van der Waals surface area contributed by atoms with Gasteiger partial charge in [0, 0.05) is 31.2 Å². The third kappa shape index (κ3) is 11.9. The molecule has 58 heavy (non-hydrogen) atoms. The number of aromatic hydroxyl groups is 1. The second-order valence-corrected chi connectivity index (χ2v) is 15.0. The van der Waals surface area contributed by atoms with Gasteiger partial charge < -0.3 is 55.2 Å². The van der Waals surface area contributed by atoms with E-state index in [1.807, 2.05) is 26.8 Å². The number of carbonyl (C=O) groups excluding carboxylic acids is 2. The van der Waals surface area contributed by atoms with Crippen molar-refractivity contribution in [1.82, 2.24) is 10.3 Å². The summed E-state index contributed by atoms with van der Waals surface area (Å²) < 4.78 is 17.8. The van der Waals surface area contributed by atoms with Gasteiger partial charge in [-0.1, -0.05) is 101 Å². The number of rotatable bonds is 17.